The van der Waals surface area contributed by atoms with Crippen LogP contribution in [0, 0.1) is 86.8 Å². The van der Waals surface area contributed by atoms with Gasteiger partial charge in [0, 0.05) is 12.3 Å². The number of carbonyl (C=O) groups is 1. The molecule has 288 valence electrons. The predicted molar refractivity (Wildman–Crippen MR) is 209 cm³/mol. The van der Waals surface area contributed by atoms with E-state index in [9.17, 15) is 4.79 Å². The molecule has 52 heavy (non-hydrogen) atoms. The zero-order valence-corrected chi connectivity index (χ0v) is 34.6. The summed E-state index contributed by atoms with van der Waals surface area (Å²) in [5, 5.41) is 0. The molecule has 6 saturated carbocycles. The number of aromatic nitrogens is 2. The summed E-state index contributed by atoms with van der Waals surface area (Å²) in [7, 11) is 0. The number of fused-ring (bicyclic) bond motifs is 12. The minimum absolute atomic E-state index is 0.0922. The monoisotopic (exact) mass is 711 g/mol. The highest BCUT2D eigenvalue weighted by molar-refractivity contribution is 5.66. The largest absolute Gasteiger partial charge is 0.462 e. The minimum atomic E-state index is -0.0922. The van der Waals surface area contributed by atoms with Crippen LogP contribution in [-0.4, -0.2) is 22.0 Å². The molecular weight excluding hydrogens is 637 g/mol. The second kappa shape index (κ2) is 12.8. The van der Waals surface area contributed by atoms with Crippen molar-refractivity contribution >= 4 is 5.97 Å². The molecule has 0 bridgehead atoms. The van der Waals surface area contributed by atoms with E-state index >= 15 is 0 Å². The van der Waals surface area contributed by atoms with Crippen molar-refractivity contribution in [3.8, 4) is 0 Å². The fourth-order valence-corrected chi connectivity index (χ4v) is 17.0. The molecule has 6 fully saturated rings. The van der Waals surface area contributed by atoms with Crippen molar-refractivity contribution in [2.24, 2.45) is 86.8 Å². The van der Waals surface area contributed by atoms with Gasteiger partial charge >= 0.3 is 5.97 Å². The maximum atomic E-state index is 12.0. The van der Waals surface area contributed by atoms with Crippen molar-refractivity contribution in [2.45, 2.75) is 183 Å². The molecule has 1 aromatic rings. The summed E-state index contributed by atoms with van der Waals surface area (Å²) in [4.78, 5) is 23.4. The van der Waals surface area contributed by atoms with Gasteiger partial charge in [0.2, 0.25) is 0 Å². The predicted octanol–water partition coefficient (Wildman–Crippen LogP) is 11.4. The van der Waals surface area contributed by atoms with E-state index in [2.05, 4.69) is 48.5 Å². The number of nitrogens with zero attached hydrogens (tertiary/aromatic N) is 2. The molecule has 8 aliphatic carbocycles. The molecule has 15 atom stereocenters. The van der Waals surface area contributed by atoms with E-state index in [0.717, 1.165) is 78.4 Å². The first-order chi connectivity index (χ1) is 24.7. The third kappa shape index (κ3) is 5.40. The van der Waals surface area contributed by atoms with Crippen LogP contribution < -0.4 is 0 Å². The molecule has 1 heterocycles. The van der Waals surface area contributed by atoms with Gasteiger partial charge in [-0.15, -0.1) is 0 Å². The summed E-state index contributed by atoms with van der Waals surface area (Å²) in [5.41, 5.74) is 6.99. The number of carbonyl (C=O) groups excluding carboxylic acids is 1. The lowest BCUT2D eigenvalue weighted by Gasteiger charge is -2.61. The fraction of sp³-hybridized carbons (Fsp3) is 0.896. The van der Waals surface area contributed by atoms with Crippen LogP contribution in [0.5, 0.6) is 0 Å². The van der Waals surface area contributed by atoms with Crippen LogP contribution in [0.3, 0.4) is 0 Å². The summed E-state index contributed by atoms with van der Waals surface area (Å²) in [5.74, 6) is 9.06. The first kappa shape index (κ1) is 36.2. The highest BCUT2D eigenvalue weighted by Gasteiger charge is 2.63. The number of hydrogen-bond acceptors (Lipinski definition) is 4. The van der Waals surface area contributed by atoms with Crippen molar-refractivity contribution < 1.29 is 9.53 Å². The van der Waals surface area contributed by atoms with Gasteiger partial charge in [0.25, 0.3) is 0 Å². The van der Waals surface area contributed by atoms with Crippen LogP contribution in [0.25, 0.3) is 0 Å². The molecule has 4 heteroatoms. The quantitative estimate of drug-likeness (QED) is 0.276. The highest BCUT2D eigenvalue weighted by Crippen LogP contribution is 2.69. The summed E-state index contributed by atoms with van der Waals surface area (Å²) in [6.07, 6.45) is 25.3. The van der Waals surface area contributed by atoms with Gasteiger partial charge in [-0.2, -0.15) is 0 Å². The number of esters is 1. The maximum Gasteiger partial charge on any atom is 0.302 e. The van der Waals surface area contributed by atoms with Crippen LogP contribution in [0.1, 0.15) is 174 Å². The second-order valence-corrected chi connectivity index (χ2v) is 22.3. The molecule has 0 aromatic carbocycles. The number of ether oxygens (including phenoxy) is 1. The lowest BCUT2D eigenvalue weighted by atomic mass is 9.44. The molecule has 0 saturated heterocycles. The van der Waals surface area contributed by atoms with Gasteiger partial charge < -0.3 is 4.74 Å². The Morgan fingerprint density at radius 2 is 1.15 bits per heavy atom. The molecule has 0 radical (unpaired) electrons. The first-order valence-corrected chi connectivity index (χ1v) is 22.8. The normalized spacial score (nSPS) is 47.9. The Kier molecular flexibility index (Phi) is 8.91. The lowest BCUT2D eigenvalue weighted by Crippen LogP contribution is -2.56. The standard InChI is InChI=1S/C48H74N2O2/c1-28(2)10-9-11-29(3)35-16-17-36-33-14-12-31-24-40-42(26-47(31,7)38(33)20-22-45(35,36)5)49-41-25-32-13-15-34-37-18-19-44(52-30(4)51)46(37,6)23-21-39(34)48(32,8)27-43(41)50-40/h28-29,31-39,44H,9-27H2,1-8H3/t29?,31?,32?,33-,34-,35+,36?,37?,38?,39?,44-,45+,46-,47-,48-/m0/s1. The summed E-state index contributed by atoms with van der Waals surface area (Å²) in [6.45, 7) is 19.6. The van der Waals surface area contributed by atoms with Gasteiger partial charge in [0.1, 0.15) is 6.10 Å². The Labute approximate surface area is 317 Å². The fourth-order valence-electron chi connectivity index (χ4n) is 17.0. The van der Waals surface area contributed by atoms with Crippen molar-refractivity contribution in [1.82, 2.24) is 9.97 Å². The Balaban J connectivity index is 0.921. The van der Waals surface area contributed by atoms with E-state index in [1.807, 2.05) is 0 Å². The zero-order valence-electron chi connectivity index (χ0n) is 34.6. The van der Waals surface area contributed by atoms with Crippen LogP contribution in [0.2, 0.25) is 0 Å². The SMILES string of the molecule is CC(=O)O[C@H]1CCC2[C@@H]3CCC4Cc5nc6c(nc5C[C@]4(C)C3CC[C@@]21C)CC1CC[C@@H]2C(CC[C@@]3(C)C2CC[C@@H]3C(C)CCCC(C)C)[C@@]1(C)C6. The van der Waals surface area contributed by atoms with E-state index in [-0.39, 0.29) is 17.5 Å². The topological polar surface area (TPSA) is 52.1 Å². The Morgan fingerprint density at radius 3 is 1.71 bits per heavy atom. The van der Waals surface area contributed by atoms with E-state index in [0.29, 0.717) is 22.2 Å². The molecule has 0 N–H and O–H groups in total. The van der Waals surface area contributed by atoms with Crippen LogP contribution in [0.4, 0.5) is 0 Å². The van der Waals surface area contributed by atoms with Gasteiger partial charge in [0.05, 0.1) is 22.8 Å². The van der Waals surface area contributed by atoms with E-state index in [4.69, 9.17) is 14.7 Å². The van der Waals surface area contributed by atoms with Crippen LogP contribution in [-0.2, 0) is 35.2 Å². The molecule has 1 aromatic heterocycles. The Morgan fingerprint density at radius 1 is 0.635 bits per heavy atom. The second-order valence-electron chi connectivity index (χ2n) is 22.3. The Bertz CT molecular complexity index is 1550. The third-order valence-corrected chi connectivity index (χ3v) is 19.7. The van der Waals surface area contributed by atoms with Crippen molar-refractivity contribution in [3.05, 3.63) is 22.8 Å². The third-order valence-electron chi connectivity index (χ3n) is 19.7. The first-order valence-electron chi connectivity index (χ1n) is 22.8. The lowest BCUT2D eigenvalue weighted by molar-refractivity contribution is -0.160. The summed E-state index contributed by atoms with van der Waals surface area (Å²) < 4.78 is 5.96. The van der Waals surface area contributed by atoms with E-state index in [1.54, 1.807) is 6.92 Å². The Hall–Kier alpha value is -1.45. The highest BCUT2D eigenvalue weighted by atomic mass is 16.5. The smallest absolute Gasteiger partial charge is 0.302 e. The molecule has 0 aliphatic heterocycles. The average Bonchev–Trinajstić information content (AvgIpc) is 3.61. The molecule has 8 aliphatic rings. The van der Waals surface area contributed by atoms with Crippen molar-refractivity contribution in [3.63, 3.8) is 0 Å². The van der Waals surface area contributed by atoms with Crippen LogP contribution in [0.15, 0.2) is 0 Å². The van der Waals surface area contributed by atoms with E-state index in [1.165, 1.54) is 126 Å². The zero-order chi connectivity index (χ0) is 36.4. The van der Waals surface area contributed by atoms with Gasteiger partial charge in [-0.3, -0.25) is 14.8 Å². The van der Waals surface area contributed by atoms with Gasteiger partial charge in [-0.05, 0) is 184 Å². The number of rotatable bonds is 6. The minimum Gasteiger partial charge on any atom is -0.462 e. The molecule has 9 rings (SSSR count). The summed E-state index contributed by atoms with van der Waals surface area (Å²) >= 11 is 0. The van der Waals surface area contributed by atoms with E-state index < -0.39 is 0 Å². The van der Waals surface area contributed by atoms with Crippen molar-refractivity contribution in [1.29, 1.82) is 0 Å². The molecular formula is C48H74N2O2. The van der Waals surface area contributed by atoms with Gasteiger partial charge in [-0.25, -0.2) is 0 Å². The summed E-state index contributed by atoms with van der Waals surface area (Å²) in [6, 6.07) is 0. The van der Waals surface area contributed by atoms with Gasteiger partial charge in [0.15, 0.2) is 0 Å². The molecule has 7 unspecified atom stereocenters. The molecule has 4 nitrogen and oxygen atoms in total. The van der Waals surface area contributed by atoms with Gasteiger partial charge in [-0.1, -0.05) is 67.7 Å². The van der Waals surface area contributed by atoms with Crippen LogP contribution >= 0.6 is 0 Å². The maximum absolute atomic E-state index is 12.0. The number of hydrogen-bond donors (Lipinski definition) is 0. The molecule has 0 spiro atoms. The molecule has 0 amide bonds. The average molecular weight is 711 g/mol. The van der Waals surface area contributed by atoms with Crippen molar-refractivity contribution in [2.75, 3.05) is 0 Å².